The third kappa shape index (κ3) is 3.03. The van der Waals surface area contributed by atoms with Gasteiger partial charge in [0, 0.05) is 18.9 Å². The molecule has 7 heteroatoms. The van der Waals surface area contributed by atoms with E-state index in [0.717, 1.165) is 17.7 Å². The first kappa shape index (κ1) is 14.4. The number of carbonyl (C=O) groups excluding carboxylic acids is 1. The van der Waals surface area contributed by atoms with E-state index in [0.29, 0.717) is 18.7 Å². The molecule has 1 aromatic heterocycles. The third-order valence-electron chi connectivity index (χ3n) is 3.96. The quantitative estimate of drug-likeness (QED) is 0.890. The number of nitrogen functional groups attached to an aromatic ring is 1. The summed E-state index contributed by atoms with van der Waals surface area (Å²) >= 11 is 0. The lowest BCUT2D eigenvalue weighted by atomic mass is 9.80. The standard InChI is InChI=1S/C15H18N4O3/c1-21-13-4-2-9(3-5-13)10-6-11(8-12(20)7-10)17-15-14(16)18-22-19-15/h2-5,10-11H,6-8H2,1H3,(H2,16,18)(H,17,19)/t10-,11-/m1/s1. The van der Waals surface area contributed by atoms with Crippen LogP contribution in [-0.4, -0.2) is 29.2 Å². The fourth-order valence-corrected chi connectivity index (χ4v) is 2.87. The van der Waals surface area contributed by atoms with Crippen molar-refractivity contribution in [2.45, 2.75) is 31.2 Å². The second-order valence-corrected chi connectivity index (χ2v) is 5.49. The number of hydrogen-bond donors (Lipinski definition) is 2. The van der Waals surface area contributed by atoms with Crippen LogP contribution >= 0.6 is 0 Å². The molecule has 22 heavy (non-hydrogen) atoms. The SMILES string of the molecule is COc1ccc([C@H]2CC(=O)C[C@H](Nc3nonc3N)C2)cc1. The molecule has 0 spiro atoms. The highest BCUT2D eigenvalue weighted by molar-refractivity contribution is 5.81. The molecule has 1 heterocycles. The Morgan fingerprint density at radius 1 is 1.27 bits per heavy atom. The van der Waals surface area contributed by atoms with Crippen LogP contribution in [0, 0.1) is 0 Å². The van der Waals surface area contributed by atoms with Gasteiger partial charge >= 0.3 is 0 Å². The summed E-state index contributed by atoms with van der Waals surface area (Å²) in [6.07, 6.45) is 1.83. The zero-order valence-electron chi connectivity index (χ0n) is 12.3. The summed E-state index contributed by atoms with van der Waals surface area (Å²) in [5, 5.41) is 10.4. The molecule has 0 bridgehead atoms. The van der Waals surface area contributed by atoms with Gasteiger partial charge in [-0.05, 0) is 40.3 Å². The average Bonchev–Trinajstić information content (AvgIpc) is 2.92. The van der Waals surface area contributed by atoms with Gasteiger partial charge in [0.1, 0.15) is 11.5 Å². The van der Waals surface area contributed by atoms with Gasteiger partial charge < -0.3 is 15.8 Å². The molecule has 1 aliphatic rings. The summed E-state index contributed by atoms with van der Waals surface area (Å²) in [4.78, 5) is 12.0. The van der Waals surface area contributed by atoms with Gasteiger partial charge in [-0.25, -0.2) is 4.63 Å². The first-order valence-corrected chi connectivity index (χ1v) is 7.16. The van der Waals surface area contributed by atoms with Gasteiger partial charge in [0.15, 0.2) is 0 Å². The normalized spacial score (nSPS) is 21.6. The molecule has 0 amide bonds. The molecule has 2 aromatic rings. The summed E-state index contributed by atoms with van der Waals surface area (Å²) in [5.41, 5.74) is 6.77. The van der Waals surface area contributed by atoms with Crippen LogP contribution in [0.25, 0.3) is 0 Å². The number of hydrogen-bond acceptors (Lipinski definition) is 7. The van der Waals surface area contributed by atoms with Gasteiger partial charge in [0.05, 0.1) is 7.11 Å². The summed E-state index contributed by atoms with van der Waals surface area (Å²) in [7, 11) is 1.63. The molecule has 1 aromatic carbocycles. The molecule has 2 atom stereocenters. The van der Waals surface area contributed by atoms with Crippen molar-refractivity contribution in [3.05, 3.63) is 29.8 Å². The first-order chi connectivity index (χ1) is 10.7. The minimum Gasteiger partial charge on any atom is -0.497 e. The number of Topliss-reactive ketones (excluding diaryl/α,β-unsaturated/α-hetero) is 1. The number of anilines is 2. The van der Waals surface area contributed by atoms with Crippen LogP contribution in [0.2, 0.25) is 0 Å². The van der Waals surface area contributed by atoms with E-state index in [2.05, 4.69) is 20.3 Å². The van der Waals surface area contributed by atoms with E-state index < -0.39 is 0 Å². The Kier molecular flexibility index (Phi) is 3.95. The Hall–Kier alpha value is -2.57. The van der Waals surface area contributed by atoms with Crippen LogP contribution in [0.4, 0.5) is 11.6 Å². The molecule has 3 rings (SSSR count). The van der Waals surface area contributed by atoms with E-state index in [9.17, 15) is 4.79 Å². The summed E-state index contributed by atoms with van der Waals surface area (Å²) in [6.45, 7) is 0. The number of benzene rings is 1. The van der Waals surface area contributed by atoms with E-state index >= 15 is 0 Å². The molecule has 1 aliphatic carbocycles. The van der Waals surface area contributed by atoms with Gasteiger partial charge in [0.2, 0.25) is 11.6 Å². The van der Waals surface area contributed by atoms with Crippen molar-refractivity contribution in [3.63, 3.8) is 0 Å². The largest absolute Gasteiger partial charge is 0.497 e. The number of nitrogens with two attached hydrogens (primary N) is 1. The van der Waals surface area contributed by atoms with Gasteiger partial charge in [-0.1, -0.05) is 12.1 Å². The van der Waals surface area contributed by atoms with Crippen LogP contribution in [0.5, 0.6) is 5.75 Å². The minimum atomic E-state index is -0.0254. The molecule has 7 nitrogen and oxygen atoms in total. The molecule has 116 valence electrons. The van der Waals surface area contributed by atoms with Crippen molar-refractivity contribution >= 4 is 17.4 Å². The highest BCUT2D eigenvalue weighted by Crippen LogP contribution is 2.33. The Balaban J connectivity index is 1.72. The molecule has 0 radical (unpaired) electrons. The topological polar surface area (TPSA) is 103 Å². The van der Waals surface area contributed by atoms with Gasteiger partial charge in [0.25, 0.3) is 0 Å². The van der Waals surface area contributed by atoms with Crippen molar-refractivity contribution in [3.8, 4) is 5.75 Å². The molecule has 1 fully saturated rings. The summed E-state index contributed by atoms with van der Waals surface area (Å²) in [5.74, 6) is 1.81. The van der Waals surface area contributed by atoms with E-state index in [4.69, 9.17) is 10.5 Å². The van der Waals surface area contributed by atoms with Crippen LogP contribution in [0.15, 0.2) is 28.9 Å². The predicted octanol–water partition coefficient (Wildman–Crippen LogP) is 1.98. The number of rotatable bonds is 4. The van der Waals surface area contributed by atoms with E-state index in [1.54, 1.807) is 7.11 Å². The van der Waals surface area contributed by atoms with Crippen molar-refractivity contribution < 1.29 is 14.2 Å². The highest BCUT2D eigenvalue weighted by Gasteiger charge is 2.29. The van der Waals surface area contributed by atoms with E-state index in [-0.39, 0.29) is 23.6 Å². The fourth-order valence-electron chi connectivity index (χ4n) is 2.87. The number of ketones is 1. The third-order valence-corrected chi connectivity index (χ3v) is 3.96. The van der Waals surface area contributed by atoms with Gasteiger partial charge in [-0.3, -0.25) is 4.79 Å². The molecule has 0 unspecified atom stereocenters. The maximum atomic E-state index is 12.0. The van der Waals surface area contributed by atoms with Gasteiger partial charge in [-0.15, -0.1) is 0 Å². The summed E-state index contributed by atoms with van der Waals surface area (Å²) < 4.78 is 9.73. The van der Waals surface area contributed by atoms with Crippen LogP contribution in [0.1, 0.15) is 30.7 Å². The number of nitrogens with one attached hydrogen (secondary N) is 1. The molecular formula is C15H18N4O3. The van der Waals surface area contributed by atoms with Crippen molar-refractivity contribution in [2.24, 2.45) is 0 Å². The molecule has 1 saturated carbocycles. The maximum absolute atomic E-state index is 12.0. The highest BCUT2D eigenvalue weighted by atomic mass is 16.6. The van der Waals surface area contributed by atoms with Crippen molar-refractivity contribution in [1.82, 2.24) is 10.3 Å². The number of ether oxygens (including phenoxy) is 1. The number of carbonyl (C=O) groups is 1. The molecule has 3 N–H and O–H groups in total. The predicted molar refractivity (Wildman–Crippen MR) is 80.7 cm³/mol. The monoisotopic (exact) mass is 302 g/mol. The van der Waals surface area contributed by atoms with Crippen molar-refractivity contribution in [2.75, 3.05) is 18.2 Å². The number of nitrogens with zero attached hydrogens (tertiary/aromatic N) is 2. The molecule has 0 saturated heterocycles. The second kappa shape index (κ2) is 6.05. The Morgan fingerprint density at radius 2 is 2.05 bits per heavy atom. The van der Waals surface area contributed by atoms with Gasteiger partial charge in [-0.2, -0.15) is 0 Å². The zero-order chi connectivity index (χ0) is 15.5. The zero-order valence-corrected chi connectivity index (χ0v) is 12.3. The molecule has 0 aliphatic heterocycles. The molecular weight excluding hydrogens is 284 g/mol. The number of aromatic nitrogens is 2. The Bertz CT molecular complexity index is 653. The summed E-state index contributed by atoms with van der Waals surface area (Å²) in [6, 6.07) is 7.81. The smallest absolute Gasteiger partial charge is 0.215 e. The lowest BCUT2D eigenvalue weighted by Gasteiger charge is -2.29. The van der Waals surface area contributed by atoms with E-state index in [1.165, 1.54) is 0 Å². The van der Waals surface area contributed by atoms with Crippen LogP contribution < -0.4 is 15.8 Å². The average molecular weight is 302 g/mol. The second-order valence-electron chi connectivity index (χ2n) is 5.49. The maximum Gasteiger partial charge on any atom is 0.215 e. The first-order valence-electron chi connectivity index (χ1n) is 7.16. The van der Waals surface area contributed by atoms with Crippen LogP contribution in [-0.2, 0) is 4.79 Å². The van der Waals surface area contributed by atoms with Crippen molar-refractivity contribution in [1.29, 1.82) is 0 Å². The lowest BCUT2D eigenvalue weighted by molar-refractivity contribution is -0.120. The fraction of sp³-hybridized carbons (Fsp3) is 0.400. The van der Waals surface area contributed by atoms with E-state index in [1.807, 2.05) is 24.3 Å². The Morgan fingerprint density at radius 3 is 2.68 bits per heavy atom. The minimum absolute atomic E-state index is 0.0254. The Labute approximate surface area is 127 Å². The number of methoxy groups -OCH3 is 1. The lowest BCUT2D eigenvalue weighted by Crippen LogP contribution is -2.31. The van der Waals surface area contributed by atoms with Crippen LogP contribution in [0.3, 0.4) is 0 Å².